The number of nitrogens with zero attached hydrogens (tertiary/aromatic N) is 2. The lowest BCUT2D eigenvalue weighted by Gasteiger charge is -2.31. The van der Waals surface area contributed by atoms with E-state index < -0.39 is 17.0 Å². The summed E-state index contributed by atoms with van der Waals surface area (Å²) in [4.78, 5) is 23.8. The molecule has 7 heteroatoms. The molecule has 2 rings (SSSR count). The highest BCUT2D eigenvalue weighted by molar-refractivity contribution is 5.74. The third-order valence-electron chi connectivity index (χ3n) is 3.14. The molecule has 0 aliphatic carbocycles. The van der Waals surface area contributed by atoms with Gasteiger partial charge in [-0.1, -0.05) is 12.1 Å². The number of hydrogen-bond acceptors (Lipinski definition) is 6. The van der Waals surface area contributed by atoms with Gasteiger partial charge in [-0.05, 0) is 5.56 Å². The number of carbonyl (C=O) groups excluding carboxylic acids is 1. The highest BCUT2D eigenvalue weighted by atomic mass is 16.6. The van der Waals surface area contributed by atoms with Crippen LogP contribution in [-0.2, 0) is 20.8 Å². The summed E-state index contributed by atoms with van der Waals surface area (Å²) < 4.78 is 9.99. The SMILES string of the molecule is COC(=O)C1CN(Cc2cccc([N+](=O)[O-])c2)CCO1. The van der Waals surface area contributed by atoms with E-state index >= 15 is 0 Å². The first-order chi connectivity index (χ1) is 9.60. The fraction of sp³-hybridized carbons (Fsp3) is 0.462. The molecule has 1 fully saturated rings. The Morgan fingerprint density at radius 2 is 2.40 bits per heavy atom. The lowest BCUT2D eigenvalue weighted by atomic mass is 10.1. The second-order valence-electron chi connectivity index (χ2n) is 4.54. The van der Waals surface area contributed by atoms with E-state index in [1.807, 2.05) is 11.0 Å². The number of nitro benzene ring substituents is 1. The van der Waals surface area contributed by atoms with Gasteiger partial charge in [-0.2, -0.15) is 0 Å². The van der Waals surface area contributed by atoms with Crippen molar-refractivity contribution in [3.63, 3.8) is 0 Å². The van der Waals surface area contributed by atoms with Gasteiger partial charge in [0, 0.05) is 31.8 Å². The maximum Gasteiger partial charge on any atom is 0.336 e. The number of ether oxygens (including phenoxy) is 2. The summed E-state index contributed by atoms with van der Waals surface area (Å²) in [6.45, 7) is 2.08. The summed E-state index contributed by atoms with van der Waals surface area (Å²) in [6.07, 6.45) is -0.590. The summed E-state index contributed by atoms with van der Waals surface area (Å²) >= 11 is 0. The van der Waals surface area contributed by atoms with Crippen LogP contribution in [0.3, 0.4) is 0 Å². The summed E-state index contributed by atoms with van der Waals surface area (Å²) in [6, 6.07) is 6.49. The number of methoxy groups -OCH3 is 1. The van der Waals surface area contributed by atoms with Gasteiger partial charge >= 0.3 is 5.97 Å². The highest BCUT2D eigenvalue weighted by Gasteiger charge is 2.27. The van der Waals surface area contributed by atoms with Crippen molar-refractivity contribution in [3.05, 3.63) is 39.9 Å². The van der Waals surface area contributed by atoms with Gasteiger partial charge in [-0.3, -0.25) is 15.0 Å². The third-order valence-corrected chi connectivity index (χ3v) is 3.14. The molecule has 1 atom stereocenters. The molecule has 1 unspecified atom stereocenters. The second-order valence-corrected chi connectivity index (χ2v) is 4.54. The van der Waals surface area contributed by atoms with Crippen molar-refractivity contribution in [3.8, 4) is 0 Å². The van der Waals surface area contributed by atoms with Gasteiger partial charge in [0.2, 0.25) is 0 Å². The van der Waals surface area contributed by atoms with Crippen LogP contribution < -0.4 is 0 Å². The number of non-ortho nitro benzene ring substituents is 1. The predicted molar refractivity (Wildman–Crippen MR) is 70.1 cm³/mol. The van der Waals surface area contributed by atoms with Crippen LogP contribution in [-0.4, -0.2) is 48.7 Å². The van der Waals surface area contributed by atoms with E-state index in [1.54, 1.807) is 12.1 Å². The second kappa shape index (κ2) is 6.44. The highest BCUT2D eigenvalue weighted by Crippen LogP contribution is 2.16. The number of morpholine rings is 1. The standard InChI is InChI=1S/C13H16N2O5/c1-19-13(16)12-9-14(5-6-20-12)8-10-3-2-4-11(7-10)15(17)18/h2-4,7,12H,5-6,8-9H2,1H3. The molecule has 0 bridgehead atoms. The normalized spacial score (nSPS) is 19.6. The molecule has 0 radical (unpaired) electrons. The van der Waals surface area contributed by atoms with E-state index in [0.717, 1.165) is 5.56 Å². The van der Waals surface area contributed by atoms with Crippen LogP contribution in [0.2, 0.25) is 0 Å². The van der Waals surface area contributed by atoms with E-state index in [0.29, 0.717) is 26.2 Å². The van der Waals surface area contributed by atoms with Crippen LogP contribution in [0.1, 0.15) is 5.56 Å². The summed E-state index contributed by atoms with van der Waals surface area (Å²) in [5.74, 6) is -0.395. The molecule has 108 valence electrons. The first kappa shape index (κ1) is 14.4. The fourth-order valence-electron chi connectivity index (χ4n) is 2.15. The lowest BCUT2D eigenvalue weighted by Crippen LogP contribution is -2.46. The van der Waals surface area contributed by atoms with Crippen molar-refractivity contribution < 1.29 is 19.2 Å². The third kappa shape index (κ3) is 3.52. The molecular formula is C13H16N2O5. The number of esters is 1. The van der Waals surface area contributed by atoms with Crippen LogP contribution >= 0.6 is 0 Å². The number of nitro groups is 1. The molecule has 0 amide bonds. The van der Waals surface area contributed by atoms with E-state index in [-0.39, 0.29) is 5.69 Å². The topological polar surface area (TPSA) is 81.9 Å². The van der Waals surface area contributed by atoms with Crippen LogP contribution in [0.5, 0.6) is 0 Å². The molecule has 7 nitrogen and oxygen atoms in total. The molecule has 0 N–H and O–H groups in total. The molecule has 1 aromatic rings. The zero-order valence-corrected chi connectivity index (χ0v) is 11.2. The molecule has 1 aliphatic heterocycles. The Morgan fingerprint density at radius 3 is 3.10 bits per heavy atom. The lowest BCUT2D eigenvalue weighted by molar-refractivity contribution is -0.384. The van der Waals surface area contributed by atoms with Crippen molar-refractivity contribution in [2.24, 2.45) is 0 Å². The van der Waals surface area contributed by atoms with Crippen molar-refractivity contribution in [1.82, 2.24) is 4.90 Å². The number of hydrogen-bond donors (Lipinski definition) is 0. The van der Waals surface area contributed by atoms with Crippen LogP contribution in [0.15, 0.2) is 24.3 Å². The Balaban J connectivity index is 2.00. The van der Waals surface area contributed by atoms with Gasteiger partial charge in [-0.25, -0.2) is 4.79 Å². The molecule has 20 heavy (non-hydrogen) atoms. The molecule has 1 saturated heterocycles. The number of rotatable bonds is 4. The van der Waals surface area contributed by atoms with Crippen molar-refractivity contribution in [2.75, 3.05) is 26.8 Å². The summed E-state index contributed by atoms with van der Waals surface area (Å²) in [7, 11) is 1.32. The molecule has 0 saturated carbocycles. The Labute approximate surface area is 116 Å². The van der Waals surface area contributed by atoms with Crippen LogP contribution in [0, 0.1) is 10.1 Å². The van der Waals surface area contributed by atoms with Crippen LogP contribution in [0.4, 0.5) is 5.69 Å². The minimum absolute atomic E-state index is 0.0697. The maximum atomic E-state index is 11.4. The monoisotopic (exact) mass is 280 g/mol. The fourth-order valence-corrected chi connectivity index (χ4v) is 2.15. The Bertz CT molecular complexity index is 505. The van der Waals surface area contributed by atoms with E-state index in [2.05, 4.69) is 4.74 Å². The smallest absolute Gasteiger partial charge is 0.336 e. The summed E-state index contributed by atoms with van der Waals surface area (Å²) in [5.41, 5.74) is 0.907. The molecule has 1 aromatic carbocycles. The van der Waals surface area contributed by atoms with Crippen molar-refractivity contribution in [2.45, 2.75) is 12.6 Å². The quantitative estimate of drug-likeness (QED) is 0.464. The minimum atomic E-state index is -0.590. The first-order valence-corrected chi connectivity index (χ1v) is 6.25. The van der Waals surface area contributed by atoms with Crippen molar-refractivity contribution >= 4 is 11.7 Å². The average Bonchev–Trinajstić information content (AvgIpc) is 2.47. The van der Waals surface area contributed by atoms with E-state index in [9.17, 15) is 14.9 Å². The first-order valence-electron chi connectivity index (χ1n) is 6.25. The average molecular weight is 280 g/mol. The predicted octanol–water partition coefficient (Wildman–Crippen LogP) is 0.969. The molecule has 1 aliphatic rings. The zero-order valence-electron chi connectivity index (χ0n) is 11.2. The van der Waals surface area contributed by atoms with Gasteiger partial charge in [0.05, 0.1) is 18.6 Å². The molecule has 0 spiro atoms. The Kier molecular flexibility index (Phi) is 4.65. The Hall–Kier alpha value is -1.99. The zero-order chi connectivity index (χ0) is 14.5. The largest absolute Gasteiger partial charge is 0.467 e. The molecular weight excluding hydrogens is 264 g/mol. The molecule has 0 aromatic heterocycles. The van der Waals surface area contributed by atoms with E-state index in [4.69, 9.17) is 4.74 Å². The van der Waals surface area contributed by atoms with Gasteiger partial charge < -0.3 is 9.47 Å². The minimum Gasteiger partial charge on any atom is -0.467 e. The van der Waals surface area contributed by atoms with Gasteiger partial charge in [-0.15, -0.1) is 0 Å². The van der Waals surface area contributed by atoms with Gasteiger partial charge in [0.1, 0.15) is 0 Å². The number of carbonyl (C=O) groups is 1. The van der Waals surface area contributed by atoms with E-state index in [1.165, 1.54) is 13.2 Å². The van der Waals surface area contributed by atoms with Crippen molar-refractivity contribution in [1.29, 1.82) is 0 Å². The van der Waals surface area contributed by atoms with Gasteiger partial charge in [0.15, 0.2) is 6.10 Å². The summed E-state index contributed by atoms with van der Waals surface area (Å²) in [5, 5.41) is 10.7. The van der Waals surface area contributed by atoms with Gasteiger partial charge in [0.25, 0.3) is 5.69 Å². The van der Waals surface area contributed by atoms with Crippen LogP contribution in [0.25, 0.3) is 0 Å². The molecule has 1 heterocycles. The number of benzene rings is 1. The maximum absolute atomic E-state index is 11.4. The Morgan fingerprint density at radius 1 is 1.60 bits per heavy atom.